The van der Waals surface area contributed by atoms with E-state index in [0.29, 0.717) is 25.2 Å². The van der Waals surface area contributed by atoms with Gasteiger partial charge in [-0.05, 0) is 25.2 Å². The first kappa shape index (κ1) is 18.9. The van der Waals surface area contributed by atoms with Gasteiger partial charge in [-0.2, -0.15) is 0 Å². The molecule has 7 nitrogen and oxygen atoms in total. The highest BCUT2D eigenvalue weighted by Crippen LogP contribution is 2.33. The van der Waals surface area contributed by atoms with Gasteiger partial charge in [-0.3, -0.25) is 14.5 Å². The van der Waals surface area contributed by atoms with E-state index in [1.807, 2.05) is 34.7 Å². The number of nitrogens with zero attached hydrogens (tertiary/aromatic N) is 3. The molecule has 0 saturated carbocycles. The Hall–Kier alpha value is -1.90. The molecule has 0 spiro atoms. The summed E-state index contributed by atoms with van der Waals surface area (Å²) in [6.07, 6.45) is 1.79. The number of hydrogen-bond acceptors (Lipinski definition) is 4. The molecule has 2 N–H and O–H groups in total. The molecular weight excluding hydrogens is 402 g/mol. The predicted octanol–water partition coefficient (Wildman–Crippen LogP) is 2.25. The Bertz CT molecular complexity index is 827. The second-order valence-electron chi connectivity index (χ2n) is 6.66. The highest BCUT2D eigenvalue weighted by molar-refractivity contribution is 9.10. The summed E-state index contributed by atoms with van der Waals surface area (Å²) in [5.41, 5.74) is 1.56. The molecule has 0 aliphatic carbocycles. The lowest BCUT2D eigenvalue weighted by Gasteiger charge is -2.36. The number of carboxylic acid groups (broad SMARTS) is 2. The van der Waals surface area contributed by atoms with Crippen LogP contribution in [0, 0.1) is 0 Å². The van der Waals surface area contributed by atoms with Gasteiger partial charge in [-0.15, -0.1) is 0 Å². The van der Waals surface area contributed by atoms with Crippen molar-refractivity contribution in [2.24, 2.45) is 0 Å². The summed E-state index contributed by atoms with van der Waals surface area (Å²) in [6, 6.07) is 4.95. The van der Waals surface area contributed by atoms with Gasteiger partial charge in [0, 0.05) is 59.9 Å². The van der Waals surface area contributed by atoms with E-state index >= 15 is 0 Å². The summed E-state index contributed by atoms with van der Waals surface area (Å²) in [5, 5.41) is 19.8. The fourth-order valence-corrected chi connectivity index (χ4v) is 3.84. The van der Waals surface area contributed by atoms with Crippen molar-refractivity contribution in [1.82, 2.24) is 14.4 Å². The van der Waals surface area contributed by atoms with Crippen molar-refractivity contribution in [3.63, 3.8) is 0 Å². The lowest BCUT2D eigenvalue weighted by molar-refractivity contribution is -0.144. The van der Waals surface area contributed by atoms with E-state index in [1.165, 1.54) is 0 Å². The van der Waals surface area contributed by atoms with Crippen LogP contribution in [0.25, 0.3) is 10.9 Å². The zero-order chi connectivity index (χ0) is 18.8. The molecule has 1 aromatic carbocycles. The molecule has 2 heterocycles. The summed E-state index contributed by atoms with van der Waals surface area (Å²) >= 11 is 3.46. The summed E-state index contributed by atoms with van der Waals surface area (Å²) in [5.74, 6) is -1.76. The molecule has 0 amide bonds. The molecule has 0 radical (unpaired) electrons. The number of piperazine rings is 1. The largest absolute Gasteiger partial charge is 0.481 e. The summed E-state index contributed by atoms with van der Waals surface area (Å²) in [4.78, 5) is 27.2. The van der Waals surface area contributed by atoms with E-state index in [-0.39, 0.29) is 6.42 Å². The first-order chi connectivity index (χ1) is 12.4. The number of aryl methyl sites for hydroxylation is 1. The lowest BCUT2D eigenvalue weighted by Crippen LogP contribution is -2.47. The number of fused-ring (bicyclic) bond motifs is 1. The normalized spacial score (nSPS) is 17.5. The summed E-state index contributed by atoms with van der Waals surface area (Å²) in [6.45, 7) is 3.32. The quantitative estimate of drug-likeness (QED) is 0.740. The molecule has 1 fully saturated rings. The fraction of sp³-hybridized carbons (Fsp3) is 0.444. The predicted molar refractivity (Wildman–Crippen MR) is 101 cm³/mol. The third kappa shape index (κ3) is 3.92. The minimum atomic E-state index is -0.883. The van der Waals surface area contributed by atoms with Crippen molar-refractivity contribution in [2.45, 2.75) is 19.0 Å². The Morgan fingerprint density at radius 1 is 1.19 bits per heavy atom. The molecule has 1 aliphatic heterocycles. The van der Waals surface area contributed by atoms with Crippen LogP contribution in [0.2, 0.25) is 0 Å². The molecule has 2 aromatic rings. The lowest BCUT2D eigenvalue weighted by atomic mass is 10.0. The van der Waals surface area contributed by atoms with E-state index in [9.17, 15) is 14.7 Å². The van der Waals surface area contributed by atoms with Gasteiger partial charge in [0.25, 0.3) is 0 Å². The maximum atomic E-state index is 12.1. The van der Waals surface area contributed by atoms with Gasteiger partial charge in [-0.1, -0.05) is 15.9 Å². The highest BCUT2D eigenvalue weighted by Gasteiger charge is 2.32. The van der Waals surface area contributed by atoms with Crippen LogP contribution in [0.5, 0.6) is 0 Å². The van der Waals surface area contributed by atoms with Crippen molar-refractivity contribution in [3.05, 3.63) is 34.4 Å². The van der Waals surface area contributed by atoms with Gasteiger partial charge in [0.1, 0.15) is 6.04 Å². The average molecular weight is 424 g/mol. The molecular formula is C18H22BrN3O4. The molecule has 3 rings (SSSR count). The Morgan fingerprint density at radius 2 is 1.88 bits per heavy atom. The van der Waals surface area contributed by atoms with Gasteiger partial charge in [-0.25, -0.2) is 0 Å². The number of aromatic nitrogens is 1. The minimum Gasteiger partial charge on any atom is -0.481 e. The van der Waals surface area contributed by atoms with Gasteiger partial charge in [0.05, 0.1) is 6.42 Å². The Balaban J connectivity index is 2.04. The summed E-state index contributed by atoms with van der Waals surface area (Å²) in [7, 11) is 2.03. The molecule has 0 bridgehead atoms. The van der Waals surface area contributed by atoms with Crippen molar-refractivity contribution in [2.75, 3.05) is 33.2 Å². The van der Waals surface area contributed by atoms with Crippen molar-refractivity contribution < 1.29 is 19.8 Å². The number of rotatable bonds is 6. The van der Waals surface area contributed by atoms with Crippen LogP contribution < -0.4 is 0 Å². The number of hydrogen-bond donors (Lipinski definition) is 2. The van der Waals surface area contributed by atoms with Crippen LogP contribution in [0.3, 0.4) is 0 Å². The van der Waals surface area contributed by atoms with Crippen molar-refractivity contribution >= 4 is 38.8 Å². The van der Waals surface area contributed by atoms with Crippen LogP contribution in [-0.4, -0.2) is 69.7 Å². The van der Waals surface area contributed by atoms with E-state index in [1.54, 1.807) is 6.20 Å². The zero-order valence-corrected chi connectivity index (χ0v) is 16.1. The molecule has 1 aliphatic rings. The van der Waals surface area contributed by atoms with Crippen LogP contribution in [0.15, 0.2) is 28.9 Å². The van der Waals surface area contributed by atoms with Gasteiger partial charge in [0.15, 0.2) is 0 Å². The first-order valence-electron chi connectivity index (χ1n) is 8.52. The Kier molecular flexibility index (Phi) is 5.64. The van der Waals surface area contributed by atoms with E-state index < -0.39 is 18.0 Å². The van der Waals surface area contributed by atoms with Crippen LogP contribution >= 0.6 is 15.9 Å². The maximum Gasteiger partial charge on any atom is 0.325 e. The third-order valence-electron chi connectivity index (χ3n) is 4.87. The minimum absolute atomic E-state index is 0.00840. The van der Waals surface area contributed by atoms with E-state index in [4.69, 9.17) is 5.11 Å². The fourth-order valence-electron chi connectivity index (χ4n) is 3.48. The molecule has 140 valence electrons. The molecule has 1 saturated heterocycles. The number of aliphatic carboxylic acids is 2. The number of halogens is 1. The molecule has 1 aromatic heterocycles. The van der Waals surface area contributed by atoms with Crippen molar-refractivity contribution in [1.29, 1.82) is 0 Å². The van der Waals surface area contributed by atoms with Crippen molar-refractivity contribution in [3.8, 4) is 0 Å². The van der Waals surface area contributed by atoms with Gasteiger partial charge < -0.3 is 19.7 Å². The number of benzene rings is 1. The Morgan fingerprint density at radius 3 is 2.50 bits per heavy atom. The SMILES string of the molecule is CN1CCN([C@@H](C(=O)O)c2cn(CCC(=O)O)c3ccc(Br)cc23)CC1. The summed E-state index contributed by atoms with van der Waals surface area (Å²) < 4.78 is 2.71. The zero-order valence-electron chi connectivity index (χ0n) is 14.6. The molecule has 1 atom stereocenters. The monoisotopic (exact) mass is 423 g/mol. The highest BCUT2D eigenvalue weighted by atomic mass is 79.9. The van der Waals surface area contributed by atoms with Crippen LogP contribution in [-0.2, 0) is 16.1 Å². The second-order valence-corrected chi connectivity index (χ2v) is 7.58. The smallest absolute Gasteiger partial charge is 0.325 e. The number of carbonyl (C=O) groups is 2. The van der Waals surface area contributed by atoms with Gasteiger partial charge in [0.2, 0.25) is 0 Å². The molecule has 26 heavy (non-hydrogen) atoms. The van der Waals surface area contributed by atoms with Crippen LogP contribution in [0.1, 0.15) is 18.0 Å². The van der Waals surface area contributed by atoms with Gasteiger partial charge >= 0.3 is 11.9 Å². The second kappa shape index (κ2) is 7.77. The standard InChI is InChI=1S/C18H22BrN3O4/c1-20-6-8-21(9-7-20)17(18(25)26)14-11-22(5-4-16(23)24)15-3-2-12(19)10-13(14)15/h2-3,10-11,17H,4-9H2,1H3,(H,23,24)(H,25,26)/t17-/m1/s1. The topological polar surface area (TPSA) is 86.0 Å². The Labute approximate surface area is 159 Å². The first-order valence-corrected chi connectivity index (χ1v) is 9.31. The van der Waals surface area contributed by atoms with Crippen LogP contribution in [0.4, 0.5) is 0 Å². The maximum absolute atomic E-state index is 12.1. The third-order valence-corrected chi connectivity index (χ3v) is 5.37. The number of likely N-dealkylation sites (N-methyl/N-ethyl adjacent to an activating group) is 1. The van der Waals surface area contributed by atoms with E-state index in [2.05, 4.69) is 20.8 Å². The molecule has 8 heteroatoms. The molecule has 0 unspecified atom stereocenters. The van der Waals surface area contributed by atoms with E-state index in [0.717, 1.165) is 28.5 Å². The average Bonchev–Trinajstić information content (AvgIpc) is 2.92. The number of carboxylic acids is 2.